The third-order valence-corrected chi connectivity index (χ3v) is 2.25. The summed E-state index contributed by atoms with van der Waals surface area (Å²) in [5.41, 5.74) is 0. The molecule has 0 bridgehead atoms. The van der Waals surface area contributed by atoms with Crippen LogP contribution >= 0.6 is 11.8 Å². The molecule has 0 radical (unpaired) electrons. The van der Waals surface area contributed by atoms with E-state index in [0.717, 1.165) is 0 Å². The third kappa shape index (κ3) is 4.03. The molecule has 0 aliphatic carbocycles. The Balaban J connectivity index is 3.94. The van der Waals surface area contributed by atoms with E-state index in [9.17, 15) is 9.59 Å². The lowest BCUT2D eigenvalue weighted by Crippen LogP contribution is -2.30. The normalized spacial score (nSPS) is 12.3. The molecule has 0 saturated carbocycles. The van der Waals surface area contributed by atoms with E-state index in [1.165, 1.54) is 18.7 Å². The van der Waals surface area contributed by atoms with Gasteiger partial charge in [0.05, 0.1) is 5.25 Å². The van der Waals surface area contributed by atoms with Gasteiger partial charge in [0.25, 0.3) is 0 Å². The fourth-order valence-electron chi connectivity index (χ4n) is 0.705. The molecule has 0 aromatic heterocycles. The minimum Gasteiger partial charge on any atom is -0.358 e. The van der Waals surface area contributed by atoms with Gasteiger partial charge in [0.2, 0.25) is 5.91 Å². The number of thioether (sulfide) groups is 1. The summed E-state index contributed by atoms with van der Waals surface area (Å²) in [6.45, 7) is 1.49. The van der Waals surface area contributed by atoms with Crippen LogP contribution in [-0.4, -0.2) is 30.2 Å². The molecule has 0 aromatic carbocycles. The summed E-state index contributed by atoms with van der Waals surface area (Å²) in [6, 6.07) is 0. The molecule has 3 nitrogen and oxygen atoms in total. The van der Waals surface area contributed by atoms with Crippen LogP contribution in [0.3, 0.4) is 0 Å². The van der Waals surface area contributed by atoms with Crippen molar-refractivity contribution >= 4 is 23.5 Å². The van der Waals surface area contributed by atoms with Crippen molar-refractivity contribution in [3.05, 3.63) is 0 Å². The highest BCUT2D eigenvalue weighted by Crippen LogP contribution is 2.10. The lowest BCUT2D eigenvalue weighted by molar-refractivity contribution is -0.123. The highest BCUT2D eigenvalue weighted by Gasteiger charge is 2.16. The van der Waals surface area contributed by atoms with E-state index in [-0.39, 0.29) is 16.9 Å². The molecule has 64 valence electrons. The highest BCUT2D eigenvalue weighted by molar-refractivity contribution is 7.99. The van der Waals surface area contributed by atoms with Crippen molar-refractivity contribution in [2.24, 2.45) is 0 Å². The minimum absolute atomic E-state index is 0.0490. The Morgan fingerprint density at radius 3 is 2.36 bits per heavy atom. The van der Waals surface area contributed by atoms with Crippen molar-refractivity contribution in [1.82, 2.24) is 5.32 Å². The molecule has 1 atom stereocenters. The zero-order valence-electron chi connectivity index (χ0n) is 7.01. The first-order valence-electron chi connectivity index (χ1n) is 3.35. The molecule has 0 aliphatic heterocycles. The lowest BCUT2D eigenvalue weighted by atomic mass is 10.2. The number of Topliss-reactive ketones (excluding diaryl/α,β-unsaturated/α-hetero) is 1. The standard InChI is InChI=1S/C7H13NO2S/c1-5(9)4-6(11-3)7(10)8-2/h6H,4H2,1-3H3,(H,8,10). The molecule has 0 spiro atoms. The molecule has 0 rings (SSSR count). The zero-order valence-corrected chi connectivity index (χ0v) is 7.83. The van der Waals surface area contributed by atoms with Gasteiger partial charge in [0.15, 0.2) is 0 Å². The molecule has 1 N–H and O–H groups in total. The smallest absolute Gasteiger partial charge is 0.233 e. The molecule has 0 fully saturated rings. The maximum atomic E-state index is 11.0. The summed E-state index contributed by atoms with van der Waals surface area (Å²) < 4.78 is 0. The summed E-state index contributed by atoms with van der Waals surface area (Å²) in [5.74, 6) is -0.0272. The van der Waals surface area contributed by atoms with Gasteiger partial charge in [-0.15, -0.1) is 0 Å². The Labute approximate surface area is 70.9 Å². The van der Waals surface area contributed by atoms with Crippen LogP contribution in [0.5, 0.6) is 0 Å². The van der Waals surface area contributed by atoms with Crippen molar-refractivity contribution in [3.63, 3.8) is 0 Å². The minimum atomic E-state index is -0.225. The van der Waals surface area contributed by atoms with Gasteiger partial charge in [-0.1, -0.05) is 0 Å². The first kappa shape index (κ1) is 10.5. The number of amides is 1. The van der Waals surface area contributed by atoms with Crippen molar-refractivity contribution in [3.8, 4) is 0 Å². The van der Waals surface area contributed by atoms with Crippen LogP contribution in [0.1, 0.15) is 13.3 Å². The molecular formula is C7H13NO2S. The van der Waals surface area contributed by atoms with Crippen LogP contribution < -0.4 is 5.32 Å². The lowest BCUT2D eigenvalue weighted by Gasteiger charge is -2.09. The summed E-state index contributed by atoms with van der Waals surface area (Å²) in [5, 5.41) is 2.28. The molecule has 1 unspecified atom stereocenters. The fraction of sp³-hybridized carbons (Fsp3) is 0.714. The van der Waals surface area contributed by atoms with Crippen LogP contribution in [0.2, 0.25) is 0 Å². The van der Waals surface area contributed by atoms with E-state index in [1.807, 2.05) is 6.26 Å². The van der Waals surface area contributed by atoms with Crippen LogP contribution in [0.15, 0.2) is 0 Å². The number of carbonyl (C=O) groups excluding carboxylic acids is 2. The maximum absolute atomic E-state index is 11.0. The Bertz CT molecular complexity index is 159. The van der Waals surface area contributed by atoms with Gasteiger partial charge in [-0.3, -0.25) is 9.59 Å². The van der Waals surface area contributed by atoms with Crippen molar-refractivity contribution in [2.45, 2.75) is 18.6 Å². The molecule has 0 aliphatic rings. The van der Waals surface area contributed by atoms with Crippen LogP contribution in [0.25, 0.3) is 0 Å². The van der Waals surface area contributed by atoms with Crippen molar-refractivity contribution < 1.29 is 9.59 Å². The first-order chi connectivity index (χ1) is 5.11. The summed E-state index contributed by atoms with van der Waals surface area (Å²) in [4.78, 5) is 21.6. The second-order valence-electron chi connectivity index (χ2n) is 2.24. The zero-order chi connectivity index (χ0) is 8.85. The SMILES string of the molecule is CNC(=O)C(CC(C)=O)SC. The van der Waals surface area contributed by atoms with Gasteiger partial charge in [-0.25, -0.2) is 0 Å². The second kappa shape index (κ2) is 5.18. The van der Waals surface area contributed by atoms with Gasteiger partial charge in [0.1, 0.15) is 5.78 Å². The fourth-order valence-corrected chi connectivity index (χ4v) is 1.44. The number of nitrogens with one attached hydrogen (secondary N) is 1. The molecule has 0 saturated heterocycles. The first-order valence-corrected chi connectivity index (χ1v) is 4.64. The van der Waals surface area contributed by atoms with E-state index < -0.39 is 0 Å². The van der Waals surface area contributed by atoms with E-state index in [4.69, 9.17) is 0 Å². The Kier molecular flexibility index (Phi) is 4.94. The number of rotatable bonds is 4. The number of carbonyl (C=O) groups is 2. The van der Waals surface area contributed by atoms with Gasteiger partial charge in [-0.05, 0) is 13.2 Å². The van der Waals surface area contributed by atoms with E-state index in [2.05, 4.69) is 5.32 Å². The second-order valence-corrected chi connectivity index (χ2v) is 3.29. The predicted molar refractivity (Wildman–Crippen MR) is 46.7 cm³/mol. The van der Waals surface area contributed by atoms with Gasteiger partial charge >= 0.3 is 0 Å². The summed E-state index contributed by atoms with van der Waals surface area (Å²) in [6.07, 6.45) is 2.14. The summed E-state index contributed by atoms with van der Waals surface area (Å²) >= 11 is 1.40. The average Bonchev–Trinajstić information content (AvgIpc) is 1.98. The highest BCUT2D eigenvalue weighted by atomic mass is 32.2. The molecule has 4 heteroatoms. The molecule has 0 aromatic rings. The van der Waals surface area contributed by atoms with Gasteiger partial charge < -0.3 is 5.32 Å². The molecule has 11 heavy (non-hydrogen) atoms. The topological polar surface area (TPSA) is 46.2 Å². The number of hydrogen-bond acceptors (Lipinski definition) is 3. The van der Waals surface area contributed by atoms with Crippen LogP contribution in [0, 0.1) is 0 Å². The quantitative estimate of drug-likeness (QED) is 0.674. The molecular weight excluding hydrogens is 162 g/mol. The number of hydrogen-bond donors (Lipinski definition) is 1. The summed E-state index contributed by atoms with van der Waals surface area (Å²) in [7, 11) is 1.58. The third-order valence-electron chi connectivity index (χ3n) is 1.30. The van der Waals surface area contributed by atoms with Crippen molar-refractivity contribution in [2.75, 3.05) is 13.3 Å². The average molecular weight is 175 g/mol. The van der Waals surface area contributed by atoms with E-state index in [0.29, 0.717) is 6.42 Å². The van der Waals surface area contributed by atoms with Gasteiger partial charge in [0, 0.05) is 13.5 Å². The van der Waals surface area contributed by atoms with Crippen LogP contribution in [0.4, 0.5) is 0 Å². The Morgan fingerprint density at radius 1 is 1.55 bits per heavy atom. The van der Waals surface area contributed by atoms with E-state index in [1.54, 1.807) is 7.05 Å². The Hall–Kier alpha value is -0.510. The number of ketones is 1. The van der Waals surface area contributed by atoms with E-state index >= 15 is 0 Å². The monoisotopic (exact) mass is 175 g/mol. The molecule has 1 amide bonds. The van der Waals surface area contributed by atoms with Crippen molar-refractivity contribution in [1.29, 1.82) is 0 Å². The largest absolute Gasteiger partial charge is 0.358 e. The Morgan fingerprint density at radius 2 is 2.09 bits per heavy atom. The van der Waals surface area contributed by atoms with Gasteiger partial charge in [-0.2, -0.15) is 11.8 Å². The van der Waals surface area contributed by atoms with Crippen LogP contribution in [-0.2, 0) is 9.59 Å². The molecule has 0 heterocycles. The predicted octanol–water partition coefficient (Wildman–Crippen LogP) is 0.443. The maximum Gasteiger partial charge on any atom is 0.233 e.